The highest BCUT2D eigenvalue weighted by molar-refractivity contribution is 7.88. The van der Waals surface area contributed by atoms with Gasteiger partial charge in [-0.15, -0.1) is 0 Å². The predicted molar refractivity (Wildman–Crippen MR) is 52.1 cm³/mol. The molecule has 1 aromatic rings. The van der Waals surface area contributed by atoms with E-state index in [1.807, 2.05) is 6.07 Å². The van der Waals surface area contributed by atoms with Crippen molar-refractivity contribution in [3.63, 3.8) is 0 Å². The van der Waals surface area contributed by atoms with E-state index in [0.717, 1.165) is 18.5 Å². The lowest BCUT2D eigenvalue weighted by Crippen LogP contribution is -2.29. The van der Waals surface area contributed by atoms with Crippen LogP contribution in [-0.4, -0.2) is 35.7 Å². The molecule has 1 aromatic heterocycles. The van der Waals surface area contributed by atoms with Gasteiger partial charge in [-0.05, 0) is 18.9 Å². The molecule has 1 aliphatic rings. The van der Waals surface area contributed by atoms with Crippen LogP contribution in [0.1, 0.15) is 24.6 Å². The molecule has 6 heteroatoms. The molecule has 0 saturated carbocycles. The van der Waals surface area contributed by atoms with Gasteiger partial charge in [0, 0.05) is 12.7 Å². The third-order valence-corrected chi connectivity index (χ3v) is 3.80. The van der Waals surface area contributed by atoms with Crippen molar-refractivity contribution in [1.29, 1.82) is 0 Å². The van der Waals surface area contributed by atoms with Gasteiger partial charge in [-0.1, -0.05) is 0 Å². The fourth-order valence-electron chi connectivity index (χ4n) is 1.90. The summed E-state index contributed by atoms with van der Waals surface area (Å²) in [6, 6.07) is 1.78. The summed E-state index contributed by atoms with van der Waals surface area (Å²) in [5.41, 5.74) is 0.882. The fraction of sp³-hybridized carbons (Fsp3) is 0.625. The van der Waals surface area contributed by atoms with Gasteiger partial charge in [0.25, 0.3) is 0 Å². The molecule has 1 N–H and O–H groups in total. The monoisotopic (exact) mass is 215 g/mol. The first-order valence-corrected chi connectivity index (χ1v) is 6.40. The highest BCUT2D eigenvalue weighted by Crippen LogP contribution is 2.32. The van der Waals surface area contributed by atoms with E-state index in [1.165, 1.54) is 10.6 Å². The maximum absolute atomic E-state index is 11.4. The summed E-state index contributed by atoms with van der Waals surface area (Å²) >= 11 is 0. The van der Waals surface area contributed by atoms with E-state index < -0.39 is 10.0 Å². The van der Waals surface area contributed by atoms with Crippen LogP contribution in [0, 0.1) is 0 Å². The topological polar surface area (TPSA) is 66.1 Å². The number of H-pyrrole nitrogens is 1. The Kier molecular flexibility index (Phi) is 2.32. The zero-order valence-electron chi connectivity index (χ0n) is 7.97. The van der Waals surface area contributed by atoms with Crippen molar-refractivity contribution >= 4 is 10.0 Å². The standard InChI is InChI=1S/C8H13N3O2S/c1-14(12,13)11-6-2-3-8(11)7-4-5-9-10-7/h4-5,8H,2-3,6H2,1H3,(H,9,10). The summed E-state index contributed by atoms with van der Waals surface area (Å²) < 4.78 is 24.4. The molecule has 1 unspecified atom stereocenters. The van der Waals surface area contributed by atoms with E-state index in [9.17, 15) is 8.42 Å². The number of nitrogens with one attached hydrogen (secondary N) is 1. The van der Waals surface area contributed by atoms with Crippen molar-refractivity contribution in [3.05, 3.63) is 18.0 Å². The normalized spacial score (nSPS) is 24.2. The summed E-state index contributed by atoms with van der Waals surface area (Å²) in [7, 11) is -3.09. The molecule has 0 spiro atoms. The second-order valence-corrected chi connectivity index (χ2v) is 5.48. The summed E-state index contributed by atoms with van der Waals surface area (Å²) in [5, 5.41) is 6.66. The largest absolute Gasteiger partial charge is 0.281 e. The lowest BCUT2D eigenvalue weighted by Gasteiger charge is -2.20. The van der Waals surface area contributed by atoms with Gasteiger partial charge in [0.2, 0.25) is 10.0 Å². The van der Waals surface area contributed by atoms with Crippen LogP contribution in [0.2, 0.25) is 0 Å². The van der Waals surface area contributed by atoms with Crippen molar-refractivity contribution < 1.29 is 8.42 Å². The Balaban J connectivity index is 2.28. The van der Waals surface area contributed by atoms with Gasteiger partial charge in [-0.25, -0.2) is 8.42 Å². The van der Waals surface area contributed by atoms with Crippen LogP contribution in [0.25, 0.3) is 0 Å². The Labute approximate surface area is 83.2 Å². The minimum absolute atomic E-state index is 0.0486. The van der Waals surface area contributed by atoms with Crippen molar-refractivity contribution in [2.75, 3.05) is 12.8 Å². The van der Waals surface area contributed by atoms with Crippen LogP contribution in [0.15, 0.2) is 12.3 Å². The average molecular weight is 215 g/mol. The molecule has 2 heterocycles. The molecule has 1 aliphatic heterocycles. The van der Waals surface area contributed by atoms with E-state index in [2.05, 4.69) is 10.2 Å². The van der Waals surface area contributed by atoms with Gasteiger partial charge in [0.05, 0.1) is 18.0 Å². The minimum atomic E-state index is -3.09. The van der Waals surface area contributed by atoms with Crippen LogP contribution < -0.4 is 0 Å². The second kappa shape index (κ2) is 3.36. The van der Waals surface area contributed by atoms with Crippen LogP contribution in [0.3, 0.4) is 0 Å². The van der Waals surface area contributed by atoms with E-state index in [4.69, 9.17) is 0 Å². The Bertz CT molecular complexity index is 398. The number of sulfonamides is 1. The number of hydrogen-bond acceptors (Lipinski definition) is 3. The molecule has 0 radical (unpaired) electrons. The number of hydrogen-bond donors (Lipinski definition) is 1. The van der Waals surface area contributed by atoms with Crippen molar-refractivity contribution in [1.82, 2.24) is 14.5 Å². The van der Waals surface area contributed by atoms with E-state index in [1.54, 1.807) is 6.20 Å². The lowest BCUT2D eigenvalue weighted by molar-refractivity contribution is 0.394. The van der Waals surface area contributed by atoms with Crippen LogP contribution in [-0.2, 0) is 10.0 Å². The van der Waals surface area contributed by atoms with Crippen LogP contribution in [0.4, 0.5) is 0 Å². The minimum Gasteiger partial charge on any atom is -0.281 e. The predicted octanol–water partition coefficient (Wildman–Crippen LogP) is 0.506. The first-order chi connectivity index (χ1) is 6.59. The molecule has 2 rings (SSSR count). The van der Waals surface area contributed by atoms with Crippen molar-refractivity contribution in [2.24, 2.45) is 0 Å². The highest BCUT2D eigenvalue weighted by atomic mass is 32.2. The van der Waals surface area contributed by atoms with Gasteiger partial charge in [0.1, 0.15) is 0 Å². The van der Waals surface area contributed by atoms with Gasteiger partial charge < -0.3 is 0 Å². The summed E-state index contributed by atoms with van der Waals surface area (Å²) in [6.45, 7) is 0.614. The maximum atomic E-state index is 11.4. The zero-order chi connectivity index (χ0) is 10.2. The molecule has 1 fully saturated rings. The van der Waals surface area contributed by atoms with Crippen molar-refractivity contribution in [3.8, 4) is 0 Å². The zero-order valence-corrected chi connectivity index (χ0v) is 8.79. The van der Waals surface area contributed by atoms with E-state index in [-0.39, 0.29) is 6.04 Å². The van der Waals surface area contributed by atoms with Gasteiger partial charge >= 0.3 is 0 Å². The molecule has 0 amide bonds. The summed E-state index contributed by atoms with van der Waals surface area (Å²) in [4.78, 5) is 0. The molecule has 0 aromatic carbocycles. The summed E-state index contributed by atoms with van der Waals surface area (Å²) in [6.07, 6.45) is 4.68. The van der Waals surface area contributed by atoms with E-state index >= 15 is 0 Å². The molecule has 1 atom stereocenters. The smallest absolute Gasteiger partial charge is 0.211 e. The van der Waals surface area contributed by atoms with Crippen LogP contribution >= 0.6 is 0 Å². The third kappa shape index (κ3) is 1.67. The second-order valence-electron chi connectivity index (χ2n) is 3.54. The van der Waals surface area contributed by atoms with Gasteiger partial charge in [0.15, 0.2) is 0 Å². The van der Waals surface area contributed by atoms with Gasteiger partial charge in [-0.2, -0.15) is 9.40 Å². The number of aromatic amines is 1. The maximum Gasteiger partial charge on any atom is 0.211 e. The molecule has 5 nitrogen and oxygen atoms in total. The first kappa shape index (κ1) is 9.67. The Morgan fingerprint density at radius 2 is 2.43 bits per heavy atom. The van der Waals surface area contributed by atoms with Gasteiger partial charge in [-0.3, -0.25) is 5.10 Å². The fourth-order valence-corrected chi connectivity index (χ4v) is 3.04. The molecular weight excluding hydrogens is 202 g/mol. The Hall–Kier alpha value is -0.880. The Morgan fingerprint density at radius 1 is 1.64 bits per heavy atom. The SMILES string of the molecule is CS(=O)(=O)N1CCCC1c1ccn[nH]1. The third-order valence-electron chi connectivity index (χ3n) is 2.51. The van der Waals surface area contributed by atoms with Crippen molar-refractivity contribution in [2.45, 2.75) is 18.9 Å². The number of nitrogens with zero attached hydrogens (tertiary/aromatic N) is 2. The highest BCUT2D eigenvalue weighted by Gasteiger charge is 2.33. The average Bonchev–Trinajstić information content (AvgIpc) is 2.73. The van der Waals surface area contributed by atoms with E-state index in [0.29, 0.717) is 6.54 Å². The number of rotatable bonds is 2. The quantitative estimate of drug-likeness (QED) is 0.781. The molecular formula is C8H13N3O2S. The molecule has 14 heavy (non-hydrogen) atoms. The molecule has 0 bridgehead atoms. The number of aromatic nitrogens is 2. The molecule has 78 valence electrons. The lowest BCUT2D eigenvalue weighted by atomic mass is 10.2. The molecule has 0 aliphatic carbocycles. The summed E-state index contributed by atoms with van der Waals surface area (Å²) in [5.74, 6) is 0. The Morgan fingerprint density at radius 3 is 3.00 bits per heavy atom. The molecule has 1 saturated heterocycles. The van der Waals surface area contributed by atoms with Crippen LogP contribution in [0.5, 0.6) is 0 Å². The first-order valence-electron chi connectivity index (χ1n) is 4.55.